The number of aromatic nitrogens is 1. The maximum absolute atomic E-state index is 6.07. The van der Waals surface area contributed by atoms with Crippen molar-refractivity contribution < 1.29 is 4.74 Å². The van der Waals surface area contributed by atoms with Gasteiger partial charge < -0.3 is 10.5 Å². The van der Waals surface area contributed by atoms with E-state index >= 15 is 0 Å². The monoisotopic (exact) mass is 192 g/mol. The normalized spacial score (nSPS) is 17.9. The van der Waals surface area contributed by atoms with Crippen molar-refractivity contribution in [2.24, 2.45) is 11.7 Å². The lowest BCUT2D eigenvalue weighted by Crippen LogP contribution is -2.13. The number of ether oxygens (including phenoxy) is 1. The Balaban J connectivity index is 2.11. The summed E-state index contributed by atoms with van der Waals surface area (Å²) in [4.78, 5) is 4.28. The van der Waals surface area contributed by atoms with Crippen LogP contribution in [0.3, 0.4) is 0 Å². The van der Waals surface area contributed by atoms with E-state index in [1.807, 2.05) is 12.1 Å². The summed E-state index contributed by atoms with van der Waals surface area (Å²) >= 11 is 0. The van der Waals surface area contributed by atoms with E-state index in [9.17, 15) is 0 Å². The van der Waals surface area contributed by atoms with Gasteiger partial charge in [0.2, 0.25) is 0 Å². The third kappa shape index (κ3) is 2.04. The lowest BCUT2D eigenvalue weighted by Gasteiger charge is -2.13. The molecule has 0 spiro atoms. The van der Waals surface area contributed by atoms with Crippen LogP contribution in [-0.2, 0) is 0 Å². The van der Waals surface area contributed by atoms with Gasteiger partial charge in [-0.25, -0.2) is 0 Å². The van der Waals surface area contributed by atoms with Gasteiger partial charge in [0.05, 0.1) is 18.8 Å². The molecule has 2 rings (SSSR count). The summed E-state index contributed by atoms with van der Waals surface area (Å²) in [5, 5.41) is 0. The number of pyridine rings is 1. The molecule has 76 valence electrons. The van der Waals surface area contributed by atoms with Gasteiger partial charge in [0.1, 0.15) is 5.75 Å². The SMILES string of the molecule is COc1cccnc1C(N)CC1CC1. The van der Waals surface area contributed by atoms with E-state index in [1.165, 1.54) is 12.8 Å². The van der Waals surface area contributed by atoms with Crippen molar-refractivity contribution in [2.75, 3.05) is 7.11 Å². The molecule has 1 aromatic heterocycles. The molecule has 1 atom stereocenters. The van der Waals surface area contributed by atoms with E-state index in [0.29, 0.717) is 0 Å². The van der Waals surface area contributed by atoms with E-state index in [1.54, 1.807) is 13.3 Å². The van der Waals surface area contributed by atoms with Crippen LogP contribution < -0.4 is 10.5 Å². The molecule has 2 N–H and O–H groups in total. The highest BCUT2D eigenvalue weighted by Gasteiger charge is 2.26. The van der Waals surface area contributed by atoms with Gasteiger partial charge in [0, 0.05) is 6.20 Å². The van der Waals surface area contributed by atoms with E-state index in [4.69, 9.17) is 10.5 Å². The highest BCUT2D eigenvalue weighted by Crippen LogP contribution is 2.37. The number of rotatable bonds is 4. The Bertz CT molecular complexity index is 310. The lowest BCUT2D eigenvalue weighted by atomic mass is 10.1. The smallest absolute Gasteiger partial charge is 0.141 e. The standard InChI is InChI=1S/C11H16N2O/c1-14-10-3-2-6-13-11(10)9(12)7-8-4-5-8/h2-3,6,8-9H,4-5,7,12H2,1H3. The average molecular weight is 192 g/mol. The molecule has 0 amide bonds. The van der Waals surface area contributed by atoms with Crippen molar-refractivity contribution in [3.8, 4) is 5.75 Å². The van der Waals surface area contributed by atoms with Crippen LogP contribution in [0.25, 0.3) is 0 Å². The minimum atomic E-state index is 0.0265. The van der Waals surface area contributed by atoms with Crippen molar-refractivity contribution >= 4 is 0 Å². The molecule has 3 heteroatoms. The average Bonchev–Trinajstić information content (AvgIpc) is 3.01. The minimum absolute atomic E-state index is 0.0265. The second kappa shape index (κ2) is 3.96. The third-order valence-electron chi connectivity index (χ3n) is 2.66. The van der Waals surface area contributed by atoms with Crippen molar-refractivity contribution in [3.63, 3.8) is 0 Å². The Kier molecular flexibility index (Phi) is 2.68. The first kappa shape index (κ1) is 9.46. The topological polar surface area (TPSA) is 48.1 Å². The van der Waals surface area contributed by atoms with Gasteiger partial charge >= 0.3 is 0 Å². The Morgan fingerprint density at radius 3 is 3.07 bits per heavy atom. The van der Waals surface area contributed by atoms with Crippen molar-refractivity contribution in [1.29, 1.82) is 0 Å². The highest BCUT2D eigenvalue weighted by molar-refractivity contribution is 5.29. The van der Waals surface area contributed by atoms with Gasteiger partial charge in [-0.15, -0.1) is 0 Å². The van der Waals surface area contributed by atoms with Crippen molar-refractivity contribution in [1.82, 2.24) is 4.98 Å². The lowest BCUT2D eigenvalue weighted by molar-refractivity contribution is 0.398. The Morgan fingerprint density at radius 2 is 2.43 bits per heavy atom. The molecule has 1 aliphatic rings. The molecule has 0 saturated heterocycles. The maximum Gasteiger partial charge on any atom is 0.141 e. The number of hydrogen-bond donors (Lipinski definition) is 1. The van der Waals surface area contributed by atoms with E-state index in [2.05, 4.69) is 4.98 Å². The predicted molar refractivity (Wildman–Crippen MR) is 55.1 cm³/mol. The first-order valence-electron chi connectivity index (χ1n) is 5.05. The van der Waals surface area contributed by atoms with Crippen LogP contribution in [0.4, 0.5) is 0 Å². The number of methoxy groups -OCH3 is 1. The van der Waals surface area contributed by atoms with Crippen LogP contribution >= 0.6 is 0 Å². The van der Waals surface area contributed by atoms with Crippen LogP contribution in [0.2, 0.25) is 0 Å². The molecule has 0 aliphatic heterocycles. The van der Waals surface area contributed by atoms with Crippen molar-refractivity contribution in [2.45, 2.75) is 25.3 Å². The molecule has 1 heterocycles. The fourth-order valence-electron chi connectivity index (χ4n) is 1.68. The Hall–Kier alpha value is -1.09. The third-order valence-corrected chi connectivity index (χ3v) is 2.66. The van der Waals surface area contributed by atoms with Gasteiger partial charge in [-0.1, -0.05) is 12.8 Å². The zero-order valence-corrected chi connectivity index (χ0v) is 8.44. The Morgan fingerprint density at radius 1 is 1.64 bits per heavy atom. The van der Waals surface area contributed by atoms with Crippen LogP contribution in [-0.4, -0.2) is 12.1 Å². The summed E-state index contributed by atoms with van der Waals surface area (Å²) in [7, 11) is 1.66. The second-order valence-corrected chi connectivity index (χ2v) is 3.88. The molecule has 1 unspecified atom stereocenters. The second-order valence-electron chi connectivity index (χ2n) is 3.88. The van der Waals surface area contributed by atoms with Gasteiger partial charge in [-0.2, -0.15) is 0 Å². The van der Waals surface area contributed by atoms with Crippen LogP contribution in [0.1, 0.15) is 31.0 Å². The largest absolute Gasteiger partial charge is 0.495 e. The summed E-state index contributed by atoms with van der Waals surface area (Å²) in [5.74, 6) is 1.62. The quantitative estimate of drug-likeness (QED) is 0.792. The molecule has 1 aromatic rings. The van der Waals surface area contributed by atoms with Gasteiger partial charge in [0.25, 0.3) is 0 Å². The minimum Gasteiger partial charge on any atom is -0.495 e. The number of nitrogens with zero attached hydrogens (tertiary/aromatic N) is 1. The van der Waals surface area contributed by atoms with Crippen LogP contribution in [0.15, 0.2) is 18.3 Å². The van der Waals surface area contributed by atoms with Crippen LogP contribution in [0.5, 0.6) is 5.75 Å². The number of hydrogen-bond acceptors (Lipinski definition) is 3. The first-order valence-corrected chi connectivity index (χ1v) is 5.05. The number of nitrogens with two attached hydrogens (primary N) is 1. The molecule has 1 aliphatic carbocycles. The summed E-state index contributed by atoms with van der Waals surface area (Å²) in [6.07, 6.45) is 5.45. The van der Waals surface area contributed by atoms with Crippen molar-refractivity contribution in [3.05, 3.63) is 24.0 Å². The first-order chi connectivity index (χ1) is 6.81. The Labute approximate surface area is 84.3 Å². The van der Waals surface area contributed by atoms with E-state index < -0.39 is 0 Å². The summed E-state index contributed by atoms with van der Waals surface area (Å²) in [5.41, 5.74) is 6.96. The molecule has 0 aromatic carbocycles. The summed E-state index contributed by atoms with van der Waals surface area (Å²) < 4.78 is 5.23. The molecule has 1 fully saturated rings. The zero-order valence-electron chi connectivity index (χ0n) is 8.44. The molecule has 1 saturated carbocycles. The van der Waals surface area contributed by atoms with Gasteiger partial charge in [-0.05, 0) is 24.5 Å². The molecule has 3 nitrogen and oxygen atoms in total. The van der Waals surface area contributed by atoms with Gasteiger partial charge in [-0.3, -0.25) is 4.98 Å². The molecular formula is C11H16N2O. The molecule has 0 radical (unpaired) electrons. The highest BCUT2D eigenvalue weighted by atomic mass is 16.5. The fourth-order valence-corrected chi connectivity index (χ4v) is 1.68. The predicted octanol–water partition coefficient (Wildman–Crippen LogP) is 1.89. The summed E-state index contributed by atoms with van der Waals surface area (Å²) in [6.45, 7) is 0. The summed E-state index contributed by atoms with van der Waals surface area (Å²) in [6, 6.07) is 3.81. The van der Waals surface area contributed by atoms with E-state index in [0.717, 1.165) is 23.8 Å². The zero-order chi connectivity index (χ0) is 9.97. The molecule has 14 heavy (non-hydrogen) atoms. The fraction of sp³-hybridized carbons (Fsp3) is 0.545. The molecule has 0 bridgehead atoms. The molecular weight excluding hydrogens is 176 g/mol. The van der Waals surface area contributed by atoms with Gasteiger partial charge in [0.15, 0.2) is 0 Å². The van der Waals surface area contributed by atoms with E-state index in [-0.39, 0.29) is 6.04 Å². The van der Waals surface area contributed by atoms with Crippen LogP contribution in [0, 0.1) is 5.92 Å². The maximum atomic E-state index is 6.07.